The molecule has 16 heavy (non-hydrogen) atoms. The smallest absolute Gasteiger partial charge is 0.282 e. The maximum absolute atomic E-state index is 11.7. The molecule has 0 aliphatic rings. The highest BCUT2D eigenvalue weighted by Gasteiger charge is 2.05. The fraction of sp³-hybridized carbons (Fsp3) is 0. The number of halogens is 1. The predicted molar refractivity (Wildman–Crippen MR) is 61.8 cm³/mol. The summed E-state index contributed by atoms with van der Waals surface area (Å²) < 4.78 is 1.71. The number of pyridine rings is 2. The van der Waals surface area contributed by atoms with Gasteiger partial charge in [-0.25, -0.2) is 4.98 Å². The van der Waals surface area contributed by atoms with Gasteiger partial charge in [-0.15, -0.1) is 0 Å². The number of hydrogen-bond donors (Lipinski definition) is 0. The van der Waals surface area contributed by atoms with Gasteiger partial charge in [0.2, 0.25) is 0 Å². The maximum Gasteiger partial charge on any atom is 0.282 e. The third-order valence-electron chi connectivity index (χ3n) is 2.35. The highest BCUT2D eigenvalue weighted by Crippen LogP contribution is 2.13. The lowest BCUT2D eigenvalue weighted by atomic mass is 10.3. The van der Waals surface area contributed by atoms with Crippen LogP contribution >= 0.6 is 11.6 Å². The zero-order valence-corrected chi connectivity index (χ0v) is 8.85. The summed E-state index contributed by atoms with van der Waals surface area (Å²) in [5, 5.41) is 1.06. The van der Waals surface area contributed by atoms with E-state index in [-0.39, 0.29) is 5.56 Å². The second-order valence-corrected chi connectivity index (χ2v) is 3.80. The quantitative estimate of drug-likeness (QED) is 0.555. The first-order valence-corrected chi connectivity index (χ1v) is 5.06. The lowest BCUT2D eigenvalue weighted by Crippen LogP contribution is -2.11. The maximum atomic E-state index is 11.7. The van der Waals surface area contributed by atoms with Gasteiger partial charge in [0.25, 0.3) is 5.56 Å². The van der Waals surface area contributed by atoms with Crippen LogP contribution in [0.4, 0.5) is 0 Å². The van der Waals surface area contributed by atoms with E-state index in [9.17, 15) is 4.79 Å². The first-order valence-electron chi connectivity index (χ1n) is 4.68. The summed E-state index contributed by atoms with van der Waals surface area (Å²) in [5.74, 6) is 0. The molecule has 0 radical (unpaired) electrons. The van der Waals surface area contributed by atoms with Crippen molar-refractivity contribution in [3.63, 3.8) is 0 Å². The van der Waals surface area contributed by atoms with Crippen molar-refractivity contribution in [3.05, 3.63) is 52.0 Å². The van der Waals surface area contributed by atoms with Gasteiger partial charge in [0.15, 0.2) is 5.65 Å². The zero-order valence-electron chi connectivity index (χ0n) is 8.09. The SMILES string of the molecule is O=c1nc2ccc(Cl)cn2c2ncccc12. The van der Waals surface area contributed by atoms with Crippen LogP contribution in [0.2, 0.25) is 5.02 Å². The van der Waals surface area contributed by atoms with Crippen LogP contribution in [0.5, 0.6) is 0 Å². The third-order valence-corrected chi connectivity index (χ3v) is 2.58. The Bertz CT molecular complexity index is 751. The Labute approximate surface area is 95.1 Å². The van der Waals surface area contributed by atoms with Crippen molar-refractivity contribution in [1.82, 2.24) is 14.4 Å². The predicted octanol–water partition coefficient (Wildman–Crippen LogP) is 1.90. The van der Waals surface area contributed by atoms with E-state index in [1.165, 1.54) is 0 Å². The van der Waals surface area contributed by atoms with Gasteiger partial charge in [-0.05, 0) is 24.3 Å². The van der Waals surface area contributed by atoms with Gasteiger partial charge in [-0.1, -0.05) is 11.6 Å². The van der Waals surface area contributed by atoms with Gasteiger partial charge in [-0.3, -0.25) is 9.20 Å². The summed E-state index contributed by atoms with van der Waals surface area (Å²) in [7, 11) is 0. The van der Waals surface area contributed by atoms with Crippen LogP contribution in [0.15, 0.2) is 41.5 Å². The molecule has 3 heterocycles. The molecule has 0 unspecified atom stereocenters. The molecule has 0 aliphatic heterocycles. The van der Waals surface area contributed by atoms with Gasteiger partial charge < -0.3 is 0 Å². The van der Waals surface area contributed by atoms with Gasteiger partial charge in [-0.2, -0.15) is 4.98 Å². The van der Waals surface area contributed by atoms with Crippen LogP contribution in [0.1, 0.15) is 0 Å². The first-order chi connectivity index (χ1) is 7.75. The lowest BCUT2D eigenvalue weighted by molar-refractivity contribution is 1.10. The molecular weight excluding hydrogens is 226 g/mol. The summed E-state index contributed by atoms with van der Waals surface area (Å²) in [4.78, 5) is 19.8. The van der Waals surface area contributed by atoms with Crippen molar-refractivity contribution >= 4 is 28.3 Å². The number of hydrogen-bond acceptors (Lipinski definition) is 3. The molecule has 3 rings (SSSR count). The molecule has 0 fully saturated rings. The van der Waals surface area contributed by atoms with E-state index in [0.29, 0.717) is 21.7 Å². The summed E-state index contributed by atoms with van der Waals surface area (Å²) in [5.41, 5.74) is 0.839. The second-order valence-electron chi connectivity index (χ2n) is 3.37. The van der Waals surface area contributed by atoms with Crippen molar-refractivity contribution in [1.29, 1.82) is 0 Å². The van der Waals surface area contributed by atoms with E-state index in [0.717, 1.165) is 0 Å². The average Bonchev–Trinajstić information content (AvgIpc) is 2.31. The van der Waals surface area contributed by atoms with E-state index in [2.05, 4.69) is 9.97 Å². The normalized spacial score (nSPS) is 11.1. The molecular formula is C11H6ClN3O. The highest BCUT2D eigenvalue weighted by molar-refractivity contribution is 6.30. The summed E-state index contributed by atoms with van der Waals surface area (Å²) in [6, 6.07) is 6.79. The number of rotatable bonds is 0. The summed E-state index contributed by atoms with van der Waals surface area (Å²) in [6.45, 7) is 0. The summed E-state index contributed by atoms with van der Waals surface area (Å²) in [6.07, 6.45) is 3.33. The zero-order chi connectivity index (χ0) is 11.1. The molecule has 0 atom stereocenters. The fourth-order valence-electron chi connectivity index (χ4n) is 1.65. The topological polar surface area (TPSA) is 47.3 Å². The minimum Gasteiger partial charge on any atom is -0.284 e. The Balaban J connectivity index is 2.66. The van der Waals surface area contributed by atoms with E-state index < -0.39 is 0 Å². The molecule has 0 aliphatic carbocycles. The Hall–Kier alpha value is -1.94. The van der Waals surface area contributed by atoms with E-state index in [1.807, 2.05) is 0 Å². The van der Waals surface area contributed by atoms with Crippen LogP contribution in [0.3, 0.4) is 0 Å². The van der Waals surface area contributed by atoms with E-state index in [4.69, 9.17) is 11.6 Å². The van der Waals surface area contributed by atoms with Crippen LogP contribution in [-0.2, 0) is 0 Å². The molecule has 0 amide bonds. The molecule has 3 aromatic rings. The van der Waals surface area contributed by atoms with Gasteiger partial charge >= 0.3 is 0 Å². The van der Waals surface area contributed by atoms with Crippen molar-refractivity contribution < 1.29 is 0 Å². The number of aromatic nitrogens is 3. The monoisotopic (exact) mass is 231 g/mol. The van der Waals surface area contributed by atoms with Crippen molar-refractivity contribution in [2.75, 3.05) is 0 Å². The van der Waals surface area contributed by atoms with E-state index >= 15 is 0 Å². The van der Waals surface area contributed by atoms with Crippen LogP contribution in [0, 0.1) is 0 Å². The van der Waals surface area contributed by atoms with Crippen LogP contribution in [-0.4, -0.2) is 14.4 Å². The highest BCUT2D eigenvalue weighted by atomic mass is 35.5. The minimum absolute atomic E-state index is 0.273. The average molecular weight is 232 g/mol. The van der Waals surface area contributed by atoms with Crippen LogP contribution < -0.4 is 5.56 Å². The molecule has 0 bridgehead atoms. The lowest BCUT2D eigenvalue weighted by Gasteiger charge is -2.03. The number of nitrogens with zero attached hydrogens (tertiary/aromatic N) is 3. The molecule has 0 aromatic carbocycles. The molecule has 78 valence electrons. The van der Waals surface area contributed by atoms with Gasteiger partial charge in [0, 0.05) is 12.4 Å². The van der Waals surface area contributed by atoms with Crippen molar-refractivity contribution in [2.24, 2.45) is 0 Å². The standard InChI is InChI=1S/C11H6ClN3O/c12-7-3-4-9-14-11(16)8-2-1-5-13-10(8)15(9)6-7/h1-6H. The third kappa shape index (κ3) is 1.27. The van der Waals surface area contributed by atoms with Gasteiger partial charge in [0.1, 0.15) is 5.65 Å². The molecule has 0 saturated heterocycles. The minimum atomic E-state index is -0.273. The van der Waals surface area contributed by atoms with Crippen molar-refractivity contribution in [2.45, 2.75) is 0 Å². The molecule has 0 saturated carbocycles. The molecule has 5 heteroatoms. The largest absolute Gasteiger partial charge is 0.284 e. The Morgan fingerprint density at radius 2 is 2.12 bits per heavy atom. The molecule has 3 aromatic heterocycles. The van der Waals surface area contributed by atoms with Crippen LogP contribution in [0.25, 0.3) is 16.7 Å². The molecule has 4 nitrogen and oxygen atoms in total. The molecule has 0 N–H and O–H groups in total. The first kappa shape index (κ1) is 9.30. The summed E-state index contributed by atoms with van der Waals surface area (Å²) >= 11 is 5.90. The Morgan fingerprint density at radius 1 is 1.25 bits per heavy atom. The van der Waals surface area contributed by atoms with Gasteiger partial charge in [0.05, 0.1) is 10.4 Å². The number of fused-ring (bicyclic) bond motifs is 3. The van der Waals surface area contributed by atoms with Crippen molar-refractivity contribution in [3.8, 4) is 0 Å². The molecule has 0 spiro atoms. The Kier molecular flexibility index (Phi) is 1.91. The fourth-order valence-corrected chi connectivity index (χ4v) is 1.81. The second kappa shape index (κ2) is 3.28. The Morgan fingerprint density at radius 3 is 3.00 bits per heavy atom. The van der Waals surface area contributed by atoms with E-state index in [1.54, 1.807) is 41.1 Å².